The van der Waals surface area contributed by atoms with Crippen LogP contribution in [0.4, 0.5) is 0 Å². The van der Waals surface area contributed by atoms with E-state index in [0.717, 1.165) is 31.0 Å². The number of nitrogens with two attached hydrogens (primary N) is 1. The largest absolute Gasteiger partial charge is 0.382 e. The maximum atomic E-state index is 11.2. The Morgan fingerprint density at radius 2 is 2.04 bits per heavy atom. The van der Waals surface area contributed by atoms with Gasteiger partial charge in [0.15, 0.2) is 5.96 Å². The van der Waals surface area contributed by atoms with Crippen molar-refractivity contribution in [3.63, 3.8) is 0 Å². The molecule has 0 atom stereocenters. The van der Waals surface area contributed by atoms with Gasteiger partial charge in [0, 0.05) is 32.4 Å². The van der Waals surface area contributed by atoms with Crippen LogP contribution in [0, 0.1) is 0 Å². The fourth-order valence-electron chi connectivity index (χ4n) is 1.96. The molecular formula is C17H29IN4O3. The van der Waals surface area contributed by atoms with E-state index in [0.29, 0.717) is 31.9 Å². The number of benzene rings is 1. The van der Waals surface area contributed by atoms with Crippen molar-refractivity contribution in [2.75, 3.05) is 40.0 Å². The lowest BCUT2D eigenvalue weighted by Gasteiger charge is -2.11. The Morgan fingerprint density at radius 1 is 1.24 bits per heavy atom. The van der Waals surface area contributed by atoms with Gasteiger partial charge in [-0.3, -0.25) is 4.79 Å². The zero-order chi connectivity index (χ0) is 17.6. The van der Waals surface area contributed by atoms with Gasteiger partial charge in [0.1, 0.15) is 0 Å². The molecule has 4 N–H and O–H groups in total. The van der Waals surface area contributed by atoms with E-state index in [2.05, 4.69) is 15.6 Å². The minimum absolute atomic E-state index is 0. The van der Waals surface area contributed by atoms with Crippen molar-refractivity contribution in [2.45, 2.75) is 19.9 Å². The first-order valence-corrected chi connectivity index (χ1v) is 8.15. The van der Waals surface area contributed by atoms with E-state index in [1.807, 2.05) is 19.1 Å². The Kier molecular flexibility index (Phi) is 14.1. The van der Waals surface area contributed by atoms with Crippen molar-refractivity contribution in [1.29, 1.82) is 0 Å². The van der Waals surface area contributed by atoms with Gasteiger partial charge in [0.2, 0.25) is 5.91 Å². The molecule has 0 fully saturated rings. The van der Waals surface area contributed by atoms with Crippen LogP contribution in [0.15, 0.2) is 29.3 Å². The van der Waals surface area contributed by atoms with Gasteiger partial charge >= 0.3 is 0 Å². The maximum absolute atomic E-state index is 11.2. The second kappa shape index (κ2) is 14.9. The quantitative estimate of drug-likeness (QED) is 0.200. The summed E-state index contributed by atoms with van der Waals surface area (Å²) in [6, 6.07) is 7.19. The van der Waals surface area contributed by atoms with Crippen LogP contribution in [0.3, 0.4) is 0 Å². The Labute approximate surface area is 166 Å². The van der Waals surface area contributed by atoms with Crippen LogP contribution in [0.1, 0.15) is 29.3 Å². The van der Waals surface area contributed by atoms with Crippen molar-refractivity contribution in [1.82, 2.24) is 10.6 Å². The van der Waals surface area contributed by atoms with Crippen molar-refractivity contribution < 1.29 is 14.3 Å². The SMILES string of the molecule is CCNC(=NCc1cccc(C(N)=O)c1)NCCCOCCOC.I. The van der Waals surface area contributed by atoms with Gasteiger partial charge in [-0.15, -0.1) is 24.0 Å². The zero-order valence-electron chi connectivity index (χ0n) is 14.9. The number of primary amides is 1. The number of hydrogen-bond donors (Lipinski definition) is 3. The van der Waals surface area contributed by atoms with Crippen molar-refractivity contribution in [3.05, 3.63) is 35.4 Å². The van der Waals surface area contributed by atoms with Gasteiger partial charge in [-0.25, -0.2) is 4.99 Å². The highest BCUT2D eigenvalue weighted by atomic mass is 127. The molecule has 0 aliphatic heterocycles. The zero-order valence-corrected chi connectivity index (χ0v) is 17.2. The lowest BCUT2D eigenvalue weighted by Crippen LogP contribution is -2.38. The molecule has 0 saturated carbocycles. The molecular weight excluding hydrogens is 435 g/mol. The van der Waals surface area contributed by atoms with Gasteiger partial charge in [-0.2, -0.15) is 0 Å². The fraction of sp³-hybridized carbons (Fsp3) is 0.529. The van der Waals surface area contributed by atoms with Crippen molar-refractivity contribution >= 4 is 35.8 Å². The molecule has 25 heavy (non-hydrogen) atoms. The number of nitrogens with one attached hydrogen (secondary N) is 2. The Hall–Kier alpha value is -1.39. The minimum Gasteiger partial charge on any atom is -0.382 e. The Morgan fingerprint density at radius 3 is 2.72 bits per heavy atom. The third-order valence-corrected chi connectivity index (χ3v) is 3.17. The summed E-state index contributed by atoms with van der Waals surface area (Å²) in [5.41, 5.74) is 6.72. The topological polar surface area (TPSA) is 98.0 Å². The van der Waals surface area contributed by atoms with Crippen molar-refractivity contribution in [3.8, 4) is 0 Å². The van der Waals surface area contributed by atoms with Crippen LogP contribution < -0.4 is 16.4 Å². The molecule has 0 aliphatic rings. The van der Waals surface area contributed by atoms with Crippen LogP contribution in [0.2, 0.25) is 0 Å². The minimum atomic E-state index is -0.431. The first kappa shape index (κ1) is 23.6. The number of halogens is 1. The number of amides is 1. The van der Waals surface area contributed by atoms with E-state index < -0.39 is 5.91 Å². The van der Waals surface area contributed by atoms with E-state index in [-0.39, 0.29) is 24.0 Å². The molecule has 7 nitrogen and oxygen atoms in total. The summed E-state index contributed by atoms with van der Waals surface area (Å²) in [5.74, 6) is 0.304. The molecule has 0 radical (unpaired) electrons. The van der Waals surface area contributed by atoms with Gasteiger partial charge < -0.3 is 25.8 Å². The van der Waals surface area contributed by atoms with Crippen molar-refractivity contribution in [2.24, 2.45) is 10.7 Å². The predicted octanol–water partition coefficient (Wildman–Crippen LogP) is 1.51. The summed E-state index contributed by atoms with van der Waals surface area (Å²) in [5, 5.41) is 6.44. The second-order valence-corrected chi connectivity index (χ2v) is 5.15. The maximum Gasteiger partial charge on any atom is 0.248 e. The average Bonchev–Trinajstić information content (AvgIpc) is 2.59. The molecule has 142 valence electrons. The highest BCUT2D eigenvalue weighted by molar-refractivity contribution is 14.0. The highest BCUT2D eigenvalue weighted by Crippen LogP contribution is 2.06. The Bertz CT molecular complexity index is 526. The number of methoxy groups -OCH3 is 1. The first-order chi connectivity index (χ1) is 11.7. The second-order valence-electron chi connectivity index (χ2n) is 5.15. The van der Waals surface area contributed by atoms with E-state index in [4.69, 9.17) is 15.2 Å². The fourth-order valence-corrected chi connectivity index (χ4v) is 1.96. The third kappa shape index (κ3) is 11.0. The molecule has 0 unspecified atom stereocenters. The van der Waals surface area contributed by atoms with Crippen LogP contribution in [-0.2, 0) is 16.0 Å². The molecule has 0 aromatic heterocycles. The molecule has 1 aromatic carbocycles. The number of hydrogen-bond acceptors (Lipinski definition) is 4. The molecule has 0 heterocycles. The molecule has 0 spiro atoms. The number of ether oxygens (including phenoxy) is 2. The number of rotatable bonds is 11. The van der Waals surface area contributed by atoms with Gasteiger partial charge in [0.05, 0.1) is 19.8 Å². The number of aliphatic imine (C=N–C) groups is 1. The number of nitrogens with zero attached hydrogens (tertiary/aromatic N) is 1. The highest BCUT2D eigenvalue weighted by Gasteiger charge is 2.02. The summed E-state index contributed by atoms with van der Waals surface area (Å²) < 4.78 is 10.3. The summed E-state index contributed by atoms with van der Waals surface area (Å²) in [7, 11) is 1.66. The monoisotopic (exact) mass is 464 g/mol. The number of carbonyl (C=O) groups is 1. The average molecular weight is 464 g/mol. The lowest BCUT2D eigenvalue weighted by molar-refractivity contribution is 0.0698. The van der Waals surface area contributed by atoms with Crippen LogP contribution in [0.25, 0.3) is 0 Å². The van der Waals surface area contributed by atoms with Crippen LogP contribution in [-0.4, -0.2) is 51.9 Å². The van der Waals surface area contributed by atoms with E-state index >= 15 is 0 Å². The lowest BCUT2D eigenvalue weighted by atomic mass is 10.1. The number of guanidine groups is 1. The van der Waals surface area contributed by atoms with E-state index in [9.17, 15) is 4.79 Å². The summed E-state index contributed by atoms with van der Waals surface area (Å²) in [6.45, 7) is 5.93. The molecule has 8 heteroatoms. The van der Waals surface area contributed by atoms with E-state index in [1.54, 1.807) is 19.2 Å². The standard InChI is InChI=1S/C17H28N4O3.HI/c1-3-19-17(20-8-5-9-24-11-10-23-2)21-13-14-6-4-7-15(12-14)16(18)22;/h4,6-7,12H,3,5,8-11,13H2,1-2H3,(H2,18,22)(H2,19,20,21);1H. The van der Waals surface area contributed by atoms with E-state index in [1.165, 1.54) is 0 Å². The summed E-state index contributed by atoms with van der Waals surface area (Å²) in [6.07, 6.45) is 0.880. The normalized spacial score (nSPS) is 10.9. The smallest absolute Gasteiger partial charge is 0.248 e. The third-order valence-electron chi connectivity index (χ3n) is 3.17. The summed E-state index contributed by atoms with van der Waals surface area (Å²) in [4.78, 5) is 15.7. The van der Waals surface area contributed by atoms with Gasteiger partial charge in [-0.1, -0.05) is 12.1 Å². The first-order valence-electron chi connectivity index (χ1n) is 8.15. The van der Waals surface area contributed by atoms with Gasteiger partial charge in [0.25, 0.3) is 0 Å². The summed E-state index contributed by atoms with van der Waals surface area (Å²) >= 11 is 0. The van der Waals surface area contributed by atoms with Gasteiger partial charge in [-0.05, 0) is 31.0 Å². The molecule has 0 saturated heterocycles. The molecule has 0 bridgehead atoms. The van der Waals surface area contributed by atoms with Crippen LogP contribution in [0.5, 0.6) is 0 Å². The number of carbonyl (C=O) groups excluding carboxylic acids is 1. The molecule has 1 rings (SSSR count). The Balaban J connectivity index is 0.00000576. The molecule has 1 aromatic rings. The predicted molar refractivity (Wildman–Crippen MR) is 111 cm³/mol. The van der Waals surface area contributed by atoms with Crippen LogP contribution >= 0.6 is 24.0 Å². The molecule has 1 amide bonds. The molecule has 0 aliphatic carbocycles.